The third-order valence-corrected chi connectivity index (χ3v) is 4.25. The van der Waals surface area contributed by atoms with E-state index in [0.717, 1.165) is 5.01 Å². The fraction of sp³-hybridized carbons (Fsp3) is 0.267. The Morgan fingerprint density at radius 2 is 2.09 bits per heavy atom. The molecule has 0 saturated carbocycles. The van der Waals surface area contributed by atoms with E-state index in [4.69, 9.17) is 9.26 Å². The molecular formula is C15H15N3O3S. The van der Waals surface area contributed by atoms with Crippen LogP contribution < -0.4 is 4.74 Å². The summed E-state index contributed by atoms with van der Waals surface area (Å²) in [6.45, 7) is 4.16. The van der Waals surface area contributed by atoms with Gasteiger partial charge in [0.1, 0.15) is 17.2 Å². The van der Waals surface area contributed by atoms with Crippen LogP contribution >= 0.6 is 11.3 Å². The molecule has 3 aromatic rings. The average Bonchev–Trinajstić information content (AvgIpc) is 3.16. The predicted molar refractivity (Wildman–Crippen MR) is 83.1 cm³/mol. The van der Waals surface area contributed by atoms with Crippen molar-refractivity contribution in [3.05, 3.63) is 28.6 Å². The molecule has 0 saturated heterocycles. The van der Waals surface area contributed by atoms with E-state index in [-0.39, 0.29) is 11.6 Å². The molecule has 2 heterocycles. The maximum absolute atomic E-state index is 9.94. The Hall–Kier alpha value is -2.41. The SMILES string of the molecule is COc1ccc(O)c(-c2nc(-c3csc(C(C)C)n3)no2)c1. The molecule has 0 bridgehead atoms. The number of hydrogen-bond acceptors (Lipinski definition) is 7. The van der Waals surface area contributed by atoms with Crippen LogP contribution in [-0.4, -0.2) is 27.3 Å². The Labute approximate surface area is 131 Å². The second-order valence-corrected chi connectivity index (χ2v) is 5.92. The summed E-state index contributed by atoms with van der Waals surface area (Å²) < 4.78 is 10.4. The second-order valence-electron chi connectivity index (χ2n) is 5.03. The van der Waals surface area contributed by atoms with E-state index in [0.29, 0.717) is 28.7 Å². The number of ether oxygens (including phenoxy) is 1. The third kappa shape index (κ3) is 2.67. The molecule has 0 amide bonds. The van der Waals surface area contributed by atoms with E-state index in [1.54, 1.807) is 30.6 Å². The minimum absolute atomic E-state index is 0.0529. The number of thiazole rings is 1. The maximum Gasteiger partial charge on any atom is 0.262 e. The van der Waals surface area contributed by atoms with E-state index in [2.05, 4.69) is 29.0 Å². The van der Waals surface area contributed by atoms with Crippen LogP contribution in [0.5, 0.6) is 11.5 Å². The molecule has 2 aromatic heterocycles. The minimum atomic E-state index is 0.0529. The van der Waals surface area contributed by atoms with Gasteiger partial charge in [0.25, 0.3) is 5.89 Å². The van der Waals surface area contributed by atoms with Crippen molar-refractivity contribution in [2.75, 3.05) is 7.11 Å². The lowest BCUT2D eigenvalue weighted by molar-refractivity contribution is 0.408. The zero-order valence-electron chi connectivity index (χ0n) is 12.4. The van der Waals surface area contributed by atoms with Crippen molar-refractivity contribution in [1.82, 2.24) is 15.1 Å². The van der Waals surface area contributed by atoms with Crippen molar-refractivity contribution in [3.8, 4) is 34.5 Å². The number of rotatable bonds is 4. The molecule has 0 unspecified atom stereocenters. The van der Waals surface area contributed by atoms with Gasteiger partial charge in [-0.3, -0.25) is 0 Å². The summed E-state index contributed by atoms with van der Waals surface area (Å²) >= 11 is 1.56. The smallest absolute Gasteiger partial charge is 0.262 e. The van der Waals surface area contributed by atoms with Crippen LogP contribution in [0, 0.1) is 0 Å². The number of aromatic hydroxyl groups is 1. The molecule has 1 aromatic carbocycles. The van der Waals surface area contributed by atoms with Crippen LogP contribution in [0.25, 0.3) is 23.0 Å². The second kappa shape index (κ2) is 5.76. The van der Waals surface area contributed by atoms with E-state index >= 15 is 0 Å². The minimum Gasteiger partial charge on any atom is -0.507 e. The first-order valence-corrected chi connectivity index (χ1v) is 7.63. The summed E-state index contributed by atoms with van der Waals surface area (Å²) in [6, 6.07) is 4.83. The first kappa shape index (κ1) is 14.5. The van der Waals surface area contributed by atoms with Crippen molar-refractivity contribution in [2.24, 2.45) is 0 Å². The van der Waals surface area contributed by atoms with Crippen molar-refractivity contribution >= 4 is 11.3 Å². The number of phenols is 1. The molecule has 0 aliphatic rings. The summed E-state index contributed by atoms with van der Waals surface area (Å²) in [5, 5.41) is 16.8. The highest BCUT2D eigenvalue weighted by Crippen LogP contribution is 2.33. The van der Waals surface area contributed by atoms with Crippen molar-refractivity contribution < 1.29 is 14.4 Å². The first-order chi connectivity index (χ1) is 10.6. The molecule has 6 nitrogen and oxygen atoms in total. The highest BCUT2D eigenvalue weighted by Gasteiger charge is 2.17. The lowest BCUT2D eigenvalue weighted by atomic mass is 10.2. The molecule has 0 spiro atoms. The van der Waals surface area contributed by atoms with Crippen molar-refractivity contribution in [1.29, 1.82) is 0 Å². The zero-order chi connectivity index (χ0) is 15.7. The molecule has 0 fully saturated rings. The van der Waals surface area contributed by atoms with Gasteiger partial charge >= 0.3 is 0 Å². The number of nitrogens with zero attached hydrogens (tertiary/aromatic N) is 3. The highest BCUT2D eigenvalue weighted by molar-refractivity contribution is 7.10. The number of benzene rings is 1. The number of aromatic nitrogens is 3. The van der Waals surface area contributed by atoms with Gasteiger partial charge in [-0.2, -0.15) is 4.98 Å². The lowest BCUT2D eigenvalue weighted by Gasteiger charge is -2.02. The molecule has 22 heavy (non-hydrogen) atoms. The van der Waals surface area contributed by atoms with E-state index in [1.165, 1.54) is 6.07 Å². The monoisotopic (exact) mass is 317 g/mol. The Kier molecular flexibility index (Phi) is 3.81. The average molecular weight is 317 g/mol. The fourth-order valence-corrected chi connectivity index (χ4v) is 2.72. The van der Waals surface area contributed by atoms with Crippen LogP contribution in [0.1, 0.15) is 24.8 Å². The normalized spacial score (nSPS) is 11.1. The summed E-state index contributed by atoms with van der Waals surface area (Å²) in [5.74, 6) is 1.64. The summed E-state index contributed by atoms with van der Waals surface area (Å²) in [5.41, 5.74) is 1.10. The molecule has 0 atom stereocenters. The Balaban J connectivity index is 1.96. The van der Waals surface area contributed by atoms with Crippen LogP contribution in [0.4, 0.5) is 0 Å². The molecule has 3 rings (SSSR count). The van der Waals surface area contributed by atoms with E-state index in [1.807, 2.05) is 5.38 Å². The largest absolute Gasteiger partial charge is 0.507 e. The van der Waals surface area contributed by atoms with Crippen LogP contribution in [-0.2, 0) is 0 Å². The summed E-state index contributed by atoms with van der Waals surface area (Å²) in [6.07, 6.45) is 0. The van der Waals surface area contributed by atoms with Gasteiger partial charge in [-0.15, -0.1) is 11.3 Å². The fourth-order valence-electron chi connectivity index (χ4n) is 1.91. The van der Waals surface area contributed by atoms with Gasteiger partial charge in [0.05, 0.1) is 17.7 Å². The van der Waals surface area contributed by atoms with Gasteiger partial charge in [0, 0.05) is 11.3 Å². The topological polar surface area (TPSA) is 81.3 Å². The number of methoxy groups -OCH3 is 1. The number of phenolic OH excluding ortho intramolecular Hbond substituents is 1. The van der Waals surface area contributed by atoms with Gasteiger partial charge in [0.15, 0.2) is 0 Å². The lowest BCUT2D eigenvalue weighted by Crippen LogP contribution is -1.87. The molecular weight excluding hydrogens is 302 g/mol. The molecule has 1 N–H and O–H groups in total. The standard InChI is InChI=1S/C15H15N3O3S/c1-8(2)15-16-11(7-22-15)13-17-14(21-18-13)10-6-9(20-3)4-5-12(10)19/h4-8,19H,1-3H3. The third-order valence-electron chi connectivity index (χ3n) is 3.11. The Morgan fingerprint density at radius 1 is 1.27 bits per heavy atom. The van der Waals surface area contributed by atoms with E-state index < -0.39 is 0 Å². The summed E-state index contributed by atoms with van der Waals surface area (Å²) in [7, 11) is 1.55. The zero-order valence-corrected chi connectivity index (χ0v) is 13.2. The van der Waals surface area contributed by atoms with Crippen molar-refractivity contribution in [2.45, 2.75) is 19.8 Å². The Morgan fingerprint density at radius 3 is 2.77 bits per heavy atom. The molecule has 0 radical (unpaired) electrons. The first-order valence-electron chi connectivity index (χ1n) is 6.75. The molecule has 7 heteroatoms. The predicted octanol–water partition coefficient (Wildman–Crippen LogP) is 3.70. The van der Waals surface area contributed by atoms with Crippen LogP contribution in [0.15, 0.2) is 28.1 Å². The maximum atomic E-state index is 9.94. The van der Waals surface area contributed by atoms with Gasteiger partial charge in [-0.1, -0.05) is 19.0 Å². The molecule has 114 valence electrons. The highest BCUT2D eigenvalue weighted by atomic mass is 32.1. The van der Waals surface area contributed by atoms with Gasteiger partial charge in [-0.05, 0) is 18.2 Å². The van der Waals surface area contributed by atoms with Crippen molar-refractivity contribution in [3.63, 3.8) is 0 Å². The van der Waals surface area contributed by atoms with E-state index in [9.17, 15) is 5.11 Å². The molecule has 0 aliphatic heterocycles. The van der Waals surface area contributed by atoms with Gasteiger partial charge < -0.3 is 14.4 Å². The van der Waals surface area contributed by atoms with Gasteiger partial charge in [0.2, 0.25) is 5.82 Å². The summed E-state index contributed by atoms with van der Waals surface area (Å²) in [4.78, 5) is 8.80. The number of hydrogen-bond donors (Lipinski definition) is 1. The van der Waals surface area contributed by atoms with Crippen LogP contribution in [0.2, 0.25) is 0 Å². The van der Waals surface area contributed by atoms with Crippen LogP contribution in [0.3, 0.4) is 0 Å². The Bertz CT molecular complexity index is 795. The van der Waals surface area contributed by atoms with Gasteiger partial charge in [-0.25, -0.2) is 4.98 Å². The molecule has 0 aliphatic carbocycles. The quantitative estimate of drug-likeness (QED) is 0.790.